The number of carbonyl (C=O) groups is 1. The van der Waals surface area contributed by atoms with Gasteiger partial charge in [-0.25, -0.2) is 18.7 Å². The SMILES string of the molecule is CC(C)Oc1ccc(F)c(F)c1[C@H]1n2c(n[nH]c2=O)C[C@H](c2cccc(Cl)c2)[C@@]12C(=O)Nc1cc(Cl)ccc12. The van der Waals surface area contributed by atoms with Crippen molar-refractivity contribution in [3.05, 3.63) is 109 Å². The van der Waals surface area contributed by atoms with Crippen LogP contribution in [0.25, 0.3) is 0 Å². The van der Waals surface area contributed by atoms with E-state index in [0.29, 0.717) is 26.9 Å². The minimum atomic E-state index is -1.64. The van der Waals surface area contributed by atoms with Gasteiger partial charge in [0.25, 0.3) is 0 Å². The van der Waals surface area contributed by atoms with Crippen molar-refractivity contribution in [2.45, 2.75) is 43.7 Å². The minimum absolute atomic E-state index is 0.00860. The number of amides is 1. The van der Waals surface area contributed by atoms with Crippen LogP contribution in [0.3, 0.4) is 0 Å². The third kappa shape index (κ3) is 3.78. The van der Waals surface area contributed by atoms with Crippen LogP contribution in [0.15, 0.2) is 59.4 Å². The highest BCUT2D eigenvalue weighted by Gasteiger charge is 2.63. The van der Waals surface area contributed by atoms with E-state index >= 15 is 4.39 Å². The van der Waals surface area contributed by atoms with Crippen LogP contribution in [-0.2, 0) is 16.6 Å². The number of H-pyrrole nitrogens is 1. The molecule has 0 aliphatic carbocycles. The van der Waals surface area contributed by atoms with Gasteiger partial charge in [0, 0.05) is 28.1 Å². The molecule has 2 aliphatic rings. The van der Waals surface area contributed by atoms with Crippen molar-refractivity contribution in [2.24, 2.45) is 0 Å². The lowest BCUT2D eigenvalue weighted by molar-refractivity contribution is -0.123. The number of anilines is 1. The first-order valence-electron chi connectivity index (χ1n) is 12.3. The number of hydrogen-bond acceptors (Lipinski definition) is 4. The van der Waals surface area contributed by atoms with Gasteiger partial charge in [-0.3, -0.25) is 9.36 Å². The van der Waals surface area contributed by atoms with Gasteiger partial charge in [-0.05, 0) is 61.4 Å². The maximum atomic E-state index is 16.1. The number of fused-ring (bicyclic) bond motifs is 3. The predicted molar refractivity (Wildman–Crippen MR) is 143 cm³/mol. The van der Waals surface area contributed by atoms with Crippen LogP contribution in [0, 0.1) is 11.6 Å². The van der Waals surface area contributed by atoms with E-state index in [9.17, 15) is 14.0 Å². The zero-order valence-corrected chi connectivity index (χ0v) is 22.3. The van der Waals surface area contributed by atoms with Crippen molar-refractivity contribution in [1.29, 1.82) is 0 Å². The predicted octanol–water partition coefficient (Wildman–Crippen LogP) is 5.76. The lowest BCUT2D eigenvalue weighted by atomic mass is 9.59. The summed E-state index contributed by atoms with van der Waals surface area (Å²) in [6, 6.07) is 12.8. The van der Waals surface area contributed by atoms with Gasteiger partial charge in [0.1, 0.15) is 17.0 Å². The molecule has 1 amide bonds. The quantitative estimate of drug-likeness (QED) is 0.326. The van der Waals surface area contributed by atoms with Crippen molar-refractivity contribution in [3.8, 4) is 5.75 Å². The van der Waals surface area contributed by atoms with E-state index in [2.05, 4.69) is 15.5 Å². The van der Waals surface area contributed by atoms with Crippen molar-refractivity contribution < 1.29 is 18.3 Å². The third-order valence-corrected chi connectivity index (χ3v) is 7.90. The average Bonchev–Trinajstić information content (AvgIpc) is 3.38. The van der Waals surface area contributed by atoms with Crippen LogP contribution in [0.4, 0.5) is 14.5 Å². The molecule has 4 aromatic rings. The molecule has 1 spiro atoms. The minimum Gasteiger partial charge on any atom is -0.491 e. The molecule has 3 atom stereocenters. The summed E-state index contributed by atoms with van der Waals surface area (Å²) >= 11 is 12.7. The van der Waals surface area contributed by atoms with E-state index in [0.717, 1.165) is 6.07 Å². The lowest BCUT2D eigenvalue weighted by Gasteiger charge is -2.46. The molecule has 0 bridgehead atoms. The van der Waals surface area contributed by atoms with Gasteiger partial charge in [-0.1, -0.05) is 41.4 Å². The number of aromatic nitrogens is 3. The molecule has 11 heteroatoms. The van der Waals surface area contributed by atoms with Gasteiger partial charge in [-0.2, -0.15) is 5.10 Å². The topological polar surface area (TPSA) is 89.0 Å². The van der Waals surface area contributed by atoms with Crippen LogP contribution in [0.1, 0.15) is 48.3 Å². The highest BCUT2D eigenvalue weighted by Crippen LogP contribution is 2.60. The van der Waals surface area contributed by atoms with E-state index in [1.807, 2.05) is 6.07 Å². The van der Waals surface area contributed by atoms with Gasteiger partial charge in [0.15, 0.2) is 11.6 Å². The van der Waals surface area contributed by atoms with Crippen LogP contribution < -0.4 is 15.7 Å². The second kappa shape index (κ2) is 9.20. The maximum absolute atomic E-state index is 16.1. The molecule has 7 nitrogen and oxygen atoms in total. The first kappa shape index (κ1) is 25.6. The van der Waals surface area contributed by atoms with Crippen LogP contribution >= 0.6 is 23.2 Å². The van der Waals surface area contributed by atoms with Crippen molar-refractivity contribution in [3.63, 3.8) is 0 Å². The smallest absolute Gasteiger partial charge is 0.343 e. The molecule has 2 aliphatic heterocycles. The average molecular weight is 571 g/mol. The molecule has 2 N–H and O–H groups in total. The van der Waals surface area contributed by atoms with E-state index in [4.69, 9.17) is 27.9 Å². The molecule has 0 radical (unpaired) electrons. The Kier molecular flexibility index (Phi) is 6.04. The summed E-state index contributed by atoms with van der Waals surface area (Å²) in [5.74, 6) is -3.29. The highest BCUT2D eigenvalue weighted by atomic mass is 35.5. The van der Waals surface area contributed by atoms with Gasteiger partial charge in [0.05, 0.1) is 17.7 Å². The van der Waals surface area contributed by atoms with Gasteiger partial charge < -0.3 is 10.1 Å². The fourth-order valence-corrected chi connectivity index (χ4v) is 6.42. The summed E-state index contributed by atoms with van der Waals surface area (Å²) in [6.07, 6.45) is -0.288. The summed E-state index contributed by atoms with van der Waals surface area (Å²) in [6.45, 7) is 3.48. The van der Waals surface area contributed by atoms with Crippen molar-refractivity contribution >= 4 is 34.8 Å². The van der Waals surface area contributed by atoms with Crippen LogP contribution in [0.2, 0.25) is 10.0 Å². The second-order valence-corrected chi connectivity index (χ2v) is 10.9. The summed E-state index contributed by atoms with van der Waals surface area (Å²) < 4.78 is 38.2. The summed E-state index contributed by atoms with van der Waals surface area (Å²) in [4.78, 5) is 27.7. The molecule has 3 aromatic carbocycles. The molecule has 1 aromatic heterocycles. The molecule has 6 rings (SSSR count). The molecule has 39 heavy (non-hydrogen) atoms. The molecule has 0 unspecified atom stereocenters. The maximum Gasteiger partial charge on any atom is 0.343 e. The van der Waals surface area contributed by atoms with E-state index in [-0.39, 0.29) is 23.6 Å². The Hall–Kier alpha value is -3.69. The fraction of sp³-hybridized carbons (Fsp3) is 0.250. The Morgan fingerprint density at radius 1 is 1.08 bits per heavy atom. The normalized spacial score (nSPS) is 21.7. The number of carbonyl (C=O) groups excluding carboxylic acids is 1. The molecule has 0 saturated carbocycles. The zero-order valence-electron chi connectivity index (χ0n) is 20.8. The molecule has 0 fully saturated rings. The first-order chi connectivity index (χ1) is 18.6. The van der Waals surface area contributed by atoms with E-state index < -0.39 is 46.7 Å². The number of aromatic amines is 1. The highest BCUT2D eigenvalue weighted by molar-refractivity contribution is 6.31. The Labute approximate surface area is 231 Å². The van der Waals surface area contributed by atoms with Crippen molar-refractivity contribution in [2.75, 3.05) is 5.32 Å². The number of hydrogen-bond donors (Lipinski definition) is 2. The lowest BCUT2D eigenvalue weighted by Crippen LogP contribution is -2.54. The fourth-order valence-electron chi connectivity index (χ4n) is 6.05. The largest absolute Gasteiger partial charge is 0.491 e. The summed E-state index contributed by atoms with van der Waals surface area (Å²) in [7, 11) is 0. The Morgan fingerprint density at radius 2 is 1.85 bits per heavy atom. The number of nitrogens with one attached hydrogen (secondary N) is 2. The van der Waals surface area contributed by atoms with Crippen LogP contribution in [-0.4, -0.2) is 26.8 Å². The second-order valence-electron chi connectivity index (χ2n) is 9.98. The molecule has 3 heterocycles. The Bertz CT molecular complexity index is 1700. The van der Waals surface area contributed by atoms with Crippen LogP contribution in [0.5, 0.6) is 5.75 Å². The molecular weight excluding hydrogens is 549 g/mol. The van der Waals surface area contributed by atoms with E-state index in [1.54, 1.807) is 50.2 Å². The molecule has 200 valence electrons. The van der Waals surface area contributed by atoms with E-state index in [1.165, 1.54) is 10.6 Å². The monoisotopic (exact) mass is 570 g/mol. The summed E-state index contributed by atoms with van der Waals surface area (Å²) in [5, 5.41) is 10.3. The Morgan fingerprint density at radius 3 is 2.59 bits per heavy atom. The first-order valence-corrected chi connectivity index (χ1v) is 13.1. The summed E-state index contributed by atoms with van der Waals surface area (Å²) in [5.41, 5.74) is -1.03. The number of rotatable bonds is 4. The Balaban J connectivity index is 1.78. The molecular formula is C28H22Cl2F2N4O3. The number of nitrogens with zero attached hydrogens (tertiary/aromatic N) is 2. The standard InChI is InChI=1S/C28H22Cl2F2N4O3/c1-13(2)39-21-9-8-19(31)24(32)23(21)25-28(17-7-6-16(30)11-20(17)33-26(28)37)18(14-4-3-5-15(29)10-14)12-22-34-35-27(38)36(22)25/h3-11,13,18,25H,12H2,1-2H3,(H,33,37)(H,35,38)/t18-,25-,28-/m1/s1. The third-order valence-electron chi connectivity index (χ3n) is 7.43. The number of benzene rings is 3. The van der Waals surface area contributed by atoms with Gasteiger partial charge >= 0.3 is 5.69 Å². The van der Waals surface area contributed by atoms with Gasteiger partial charge in [0.2, 0.25) is 5.91 Å². The number of halogens is 4. The number of ether oxygens (including phenoxy) is 1. The van der Waals surface area contributed by atoms with Crippen molar-refractivity contribution in [1.82, 2.24) is 14.8 Å². The molecule has 0 saturated heterocycles. The zero-order chi connectivity index (χ0) is 27.6. The van der Waals surface area contributed by atoms with Gasteiger partial charge in [-0.15, -0.1) is 0 Å².